The Morgan fingerprint density at radius 2 is 1.85 bits per heavy atom. The molecule has 1 saturated heterocycles. The summed E-state index contributed by atoms with van der Waals surface area (Å²) in [6.07, 6.45) is 4.01. The van der Waals surface area contributed by atoms with E-state index in [0.717, 1.165) is 55.9 Å². The molecule has 0 unspecified atom stereocenters. The first-order valence-corrected chi connectivity index (χ1v) is 9.21. The zero-order chi connectivity index (χ0) is 17.6. The van der Waals surface area contributed by atoms with Crippen molar-refractivity contribution in [3.05, 3.63) is 66.0 Å². The maximum atomic E-state index is 6.10. The van der Waals surface area contributed by atoms with Gasteiger partial charge in [-0.2, -0.15) is 4.98 Å². The van der Waals surface area contributed by atoms with Crippen molar-refractivity contribution in [3.8, 4) is 17.2 Å². The molecule has 5 nitrogen and oxygen atoms in total. The molecule has 5 heteroatoms. The molecule has 0 aliphatic carbocycles. The quantitative estimate of drug-likeness (QED) is 0.736. The Hall–Kier alpha value is -2.66. The van der Waals surface area contributed by atoms with E-state index in [2.05, 4.69) is 27.6 Å². The van der Waals surface area contributed by atoms with Gasteiger partial charge in [-0.25, -0.2) is 0 Å². The first kappa shape index (κ1) is 16.8. The number of aryl methyl sites for hydroxylation is 2. The monoisotopic (exact) mass is 349 g/mol. The second kappa shape index (κ2) is 8.15. The Morgan fingerprint density at radius 1 is 1.00 bits per heavy atom. The lowest BCUT2D eigenvalue weighted by atomic mass is 10.1. The molecule has 0 saturated carbocycles. The molecule has 0 spiro atoms. The van der Waals surface area contributed by atoms with Gasteiger partial charge in [-0.1, -0.05) is 41.6 Å². The summed E-state index contributed by atoms with van der Waals surface area (Å²) in [7, 11) is 0. The zero-order valence-electron chi connectivity index (χ0n) is 14.7. The first-order chi connectivity index (χ1) is 12.9. The van der Waals surface area contributed by atoms with Crippen LogP contribution in [0.1, 0.15) is 24.2 Å². The molecule has 0 amide bonds. The van der Waals surface area contributed by atoms with Crippen LogP contribution in [-0.2, 0) is 12.8 Å². The predicted molar refractivity (Wildman–Crippen MR) is 100 cm³/mol. The van der Waals surface area contributed by atoms with E-state index in [1.165, 1.54) is 5.56 Å². The van der Waals surface area contributed by atoms with Gasteiger partial charge in [0.1, 0.15) is 11.9 Å². The van der Waals surface area contributed by atoms with E-state index < -0.39 is 0 Å². The average molecular weight is 349 g/mol. The molecule has 2 heterocycles. The molecule has 26 heavy (non-hydrogen) atoms. The maximum absolute atomic E-state index is 6.10. The van der Waals surface area contributed by atoms with Gasteiger partial charge in [0, 0.05) is 12.0 Å². The van der Waals surface area contributed by atoms with Crippen molar-refractivity contribution in [2.75, 3.05) is 13.1 Å². The fourth-order valence-corrected chi connectivity index (χ4v) is 3.18. The highest BCUT2D eigenvalue weighted by molar-refractivity contribution is 5.55. The molecule has 1 N–H and O–H groups in total. The van der Waals surface area contributed by atoms with Gasteiger partial charge in [-0.15, -0.1) is 0 Å². The van der Waals surface area contributed by atoms with E-state index in [0.29, 0.717) is 5.89 Å². The number of aromatic nitrogens is 2. The largest absolute Gasteiger partial charge is 0.490 e. The number of ether oxygens (including phenoxy) is 1. The van der Waals surface area contributed by atoms with Crippen LogP contribution in [0.15, 0.2) is 59.1 Å². The zero-order valence-corrected chi connectivity index (χ0v) is 14.7. The van der Waals surface area contributed by atoms with E-state index in [9.17, 15) is 0 Å². The van der Waals surface area contributed by atoms with Gasteiger partial charge < -0.3 is 14.6 Å². The molecule has 0 atom stereocenters. The minimum Gasteiger partial charge on any atom is -0.490 e. The van der Waals surface area contributed by atoms with Crippen LogP contribution in [0.2, 0.25) is 0 Å². The van der Waals surface area contributed by atoms with Crippen molar-refractivity contribution in [2.45, 2.75) is 31.8 Å². The van der Waals surface area contributed by atoms with Crippen molar-refractivity contribution in [1.82, 2.24) is 15.5 Å². The smallest absolute Gasteiger partial charge is 0.258 e. The summed E-state index contributed by atoms with van der Waals surface area (Å²) in [4.78, 5) is 4.54. The van der Waals surface area contributed by atoms with Gasteiger partial charge in [-0.3, -0.25) is 0 Å². The van der Waals surface area contributed by atoms with Crippen LogP contribution >= 0.6 is 0 Å². The van der Waals surface area contributed by atoms with E-state index in [4.69, 9.17) is 9.26 Å². The number of benzene rings is 2. The molecule has 0 bridgehead atoms. The van der Waals surface area contributed by atoms with Crippen LogP contribution in [0.25, 0.3) is 11.5 Å². The maximum Gasteiger partial charge on any atom is 0.258 e. The molecule has 2 aromatic carbocycles. The molecular weight excluding hydrogens is 326 g/mol. The summed E-state index contributed by atoms with van der Waals surface area (Å²) < 4.78 is 11.6. The number of nitrogens with one attached hydrogen (secondary N) is 1. The van der Waals surface area contributed by atoms with E-state index >= 15 is 0 Å². The van der Waals surface area contributed by atoms with E-state index in [1.54, 1.807) is 0 Å². The van der Waals surface area contributed by atoms with Crippen molar-refractivity contribution < 1.29 is 9.26 Å². The SMILES string of the molecule is c1ccc(CCc2noc(-c3cccc(OC4CCNCC4)c3)n2)cc1. The number of piperidine rings is 1. The Kier molecular flexibility index (Phi) is 5.26. The fourth-order valence-electron chi connectivity index (χ4n) is 3.18. The Labute approximate surface area is 153 Å². The number of hydrogen-bond acceptors (Lipinski definition) is 5. The van der Waals surface area contributed by atoms with Crippen molar-refractivity contribution in [2.24, 2.45) is 0 Å². The lowest BCUT2D eigenvalue weighted by molar-refractivity contribution is 0.162. The van der Waals surface area contributed by atoms with Gasteiger partial charge >= 0.3 is 0 Å². The van der Waals surface area contributed by atoms with Crippen molar-refractivity contribution >= 4 is 0 Å². The van der Waals surface area contributed by atoms with Crippen LogP contribution in [0.4, 0.5) is 0 Å². The van der Waals surface area contributed by atoms with E-state index in [1.807, 2.05) is 42.5 Å². The highest BCUT2D eigenvalue weighted by atomic mass is 16.5. The topological polar surface area (TPSA) is 60.2 Å². The van der Waals surface area contributed by atoms with Crippen molar-refractivity contribution in [3.63, 3.8) is 0 Å². The van der Waals surface area contributed by atoms with Crippen LogP contribution in [0, 0.1) is 0 Å². The molecular formula is C21H23N3O2. The molecule has 1 aliphatic rings. The minimum absolute atomic E-state index is 0.274. The van der Waals surface area contributed by atoms with E-state index in [-0.39, 0.29) is 6.10 Å². The highest BCUT2D eigenvalue weighted by Crippen LogP contribution is 2.24. The van der Waals surface area contributed by atoms with Gasteiger partial charge in [0.2, 0.25) is 0 Å². The Balaban J connectivity index is 1.41. The Morgan fingerprint density at radius 3 is 2.69 bits per heavy atom. The molecule has 134 valence electrons. The fraction of sp³-hybridized carbons (Fsp3) is 0.333. The Bertz CT molecular complexity index is 826. The van der Waals surface area contributed by atoms with Crippen molar-refractivity contribution in [1.29, 1.82) is 0 Å². The van der Waals surface area contributed by atoms with Gasteiger partial charge in [0.05, 0.1) is 0 Å². The predicted octanol–water partition coefficient (Wildman–Crippen LogP) is 3.65. The standard InChI is InChI=1S/C21H23N3O2/c1-2-5-16(6-3-1)9-10-20-23-21(26-24-20)17-7-4-8-19(15-17)25-18-11-13-22-14-12-18/h1-8,15,18,22H,9-14H2. The van der Waals surface area contributed by atoms with Crippen LogP contribution in [0.3, 0.4) is 0 Å². The third-order valence-electron chi connectivity index (χ3n) is 4.62. The highest BCUT2D eigenvalue weighted by Gasteiger charge is 2.15. The summed E-state index contributed by atoms with van der Waals surface area (Å²) in [6.45, 7) is 2.03. The molecule has 4 rings (SSSR count). The number of hydrogen-bond donors (Lipinski definition) is 1. The average Bonchev–Trinajstić information content (AvgIpc) is 3.17. The van der Waals surface area contributed by atoms with Gasteiger partial charge in [0.15, 0.2) is 5.82 Å². The third-order valence-corrected chi connectivity index (χ3v) is 4.62. The van der Waals surface area contributed by atoms with Crippen LogP contribution < -0.4 is 10.1 Å². The summed E-state index contributed by atoms with van der Waals surface area (Å²) >= 11 is 0. The second-order valence-corrected chi connectivity index (χ2v) is 6.60. The number of nitrogens with zero attached hydrogens (tertiary/aromatic N) is 2. The summed E-state index contributed by atoms with van der Waals surface area (Å²) in [6, 6.07) is 18.3. The third kappa shape index (κ3) is 4.29. The molecule has 0 radical (unpaired) electrons. The molecule has 3 aromatic rings. The normalized spacial score (nSPS) is 15.1. The molecule has 1 aliphatic heterocycles. The summed E-state index contributed by atoms with van der Waals surface area (Å²) in [5, 5.41) is 7.47. The molecule has 1 fully saturated rings. The van der Waals surface area contributed by atoms with Gasteiger partial charge in [-0.05, 0) is 56.1 Å². The first-order valence-electron chi connectivity index (χ1n) is 9.21. The minimum atomic E-state index is 0.274. The van der Waals surface area contributed by atoms with Crippen LogP contribution in [-0.4, -0.2) is 29.3 Å². The number of rotatable bonds is 6. The summed E-state index contributed by atoms with van der Waals surface area (Å²) in [5.41, 5.74) is 2.17. The second-order valence-electron chi connectivity index (χ2n) is 6.60. The lowest BCUT2D eigenvalue weighted by Gasteiger charge is -2.23. The van der Waals surface area contributed by atoms with Gasteiger partial charge in [0.25, 0.3) is 5.89 Å². The molecule has 1 aromatic heterocycles. The van der Waals surface area contributed by atoms with Crippen LogP contribution in [0.5, 0.6) is 5.75 Å². The summed E-state index contributed by atoms with van der Waals surface area (Å²) in [5.74, 6) is 2.13. The lowest BCUT2D eigenvalue weighted by Crippen LogP contribution is -2.34.